The summed E-state index contributed by atoms with van der Waals surface area (Å²) in [4.78, 5) is 10.8. The summed E-state index contributed by atoms with van der Waals surface area (Å²) in [6.45, 7) is 5.95. The Balaban J connectivity index is 3.49. The predicted molar refractivity (Wildman–Crippen MR) is 47.8 cm³/mol. The van der Waals surface area contributed by atoms with E-state index in [-0.39, 0.29) is 5.97 Å². The third kappa shape index (κ3) is 6.02. The average molecular weight is 175 g/mol. The predicted octanol–water partition coefficient (Wildman–Crippen LogP) is 1.27. The summed E-state index contributed by atoms with van der Waals surface area (Å²) in [6.07, 6.45) is 0.327. The van der Waals surface area contributed by atoms with Crippen molar-refractivity contribution in [1.82, 2.24) is 5.09 Å². The van der Waals surface area contributed by atoms with Crippen LogP contribution >= 0.6 is 8.73 Å². The molecule has 0 aliphatic carbocycles. The van der Waals surface area contributed by atoms with Crippen LogP contribution in [0.3, 0.4) is 0 Å². The highest BCUT2D eigenvalue weighted by molar-refractivity contribution is 7.40. The van der Waals surface area contributed by atoms with Crippen LogP contribution in [0.15, 0.2) is 11.9 Å². The smallest absolute Gasteiger partial charge is 0.310 e. The van der Waals surface area contributed by atoms with Crippen molar-refractivity contribution in [2.24, 2.45) is 0 Å². The van der Waals surface area contributed by atoms with Crippen LogP contribution < -0.4 is 5.09 Å². The Morgan fingerprint density at radius 2 is 2.36 bits per heavy atom. The van der Waals surface area contributed by atoms with Gasteiger partial charge in [-0.1, -0.05) is 6.58 Å². The summed E-state index contributed by atoms with van der Waals surface area (Å²) in [7, 11) is 2.27. The van der Waals surface area contributed by atoms with Crippen molar-refractivity contribution in [1.29, 1.82) is 0 Å². The third-order valence-electron chi connectivity index (χ3n) is 0.965. The number of nitrogens with one attached hydrogen (secondary N) is 1. The van der Waals surface area contributed by atoms with Crippen LogP contribution in [-0.4, -0.2) is 19.6 Å². The van der Waals surface area contributed by atoms with Gasteiger partial charge in [-0.25, -0.2) is 0 Å². The molecule has 0 bridgehead atoms. The molecule has 0 heterocycles. The minimum atomic E-state index is -0.194. The first-order valence-electron chi connectivity index (χ1n) is 3.46. The van der Waals surface area contributed by atoms with Crippen molar-refractivity contribution in [3.05, 3.63) is 11.9 Å². The summed E-state index contributed by atoms with van der Waals surface area (Å²) in [5.41, 5.74) is 0. The fourth-order valence-electron chi connectivity index (χ4n) is 0.607. The first-order valence-corrected chi connectivity index (χ1v) is 4.46. The van der Waals surface area contributed by atoms with Gasteiger partial charge in [0.25, 0.3) is 0 Å². The third-order valence-corrected chi connectivity index (χ3v) is 1.75. The van der Waals surface area contributed by atoms with Crippen molar-refractivity contribution < 1.29 is 9.53 Å². The number of esters is 1. The van der Waals surface area contributed by atoms with Gasteiger partial charge in [-0.15, -0.1) is 0 Å². The molecule has 3 nitrogen and oxygen atoms in total. The lowest BCUT2D eigenvalue weighted by Crippen LogP contribution is -2.04. The van der Waals surface area contributed by atoms with E-state index in [1.165, 1.54) is 0 Å². The molecule has 64 valence electrons. The number of hydrogen-bond acceptors (Lipinski definition) is 3. The zero-order valence-electron chi connectivity index (χ0n) is 6.94. The molecule has 0 aromatic heterocycles. The fraction of sp³-hybridized carbons (Fsp3) is 0.571. The van der Waals surface area contributed by atoms with Gasteiger partial charge in [0.15, 0.2) is 0 Å². The summed E-state index contributed by atoms with van der Waals surface area (Å²) in [6, 6.07) is 0. The summed E-state index contributed by atoms with van der Waals surface area (Å²) < 4.78 is 4.74. The van der Waals surface area contributed by atoms with E-state index in [4.69, 9.17) is 4.74 Å². The number of carbonyl (C=O) groups excluding carboxylic acids is 1. The van der Waals surface area contributed by atoms with Gasteiger partial charge in [-0.3, -0.25) is 9.88 Å². The molecule has 0 fully saturated rings. The van der Waals surface area contributed by atoms with Gasteiger partial charge in [0.2, 0.25) is 0 Å². The molecule has 0 rings (SSSR count). The van der Waals surface area contributed by atoms with Crippen LogP contribution in [0.25, 0.3) is 0 Å². The van der Waals surface area contributed by atoms with Crippen molar-refractivity contribution >= 4 is 14.7 Å². The van der Waals surface area contributed by atoms with Crippen molar-refractivity contribution in [3.8, 4) is 0 Å². The molecule has 1 unspecified atom stereocenters. The molecule has 0 radical (unpaired) electrons. The Hall–Kier alpha value is -0.400. The molecule has 0 aromatic carbocycles. The number of hydrogen-bond donors (Lipinski definition) is 1. The van der Waals surface area contributed by atoms with Gasteiger partial charge in [-0.2, -0.15) is 0 Å². The molecule has 0 amide bonds. The fourth-order valence-corrected chi connectivity index (χ4v) is 1.19. The summed E-state index contributed by atoms with van der Waals surface area (Å²) in [5, 5.41) is 3.82. The number of ether oxygens (including phenoxy) is 1. The van der Waals surface area contributed by atoms with Crippen molar-refractivity contribution in [2.75, 3.05) is 13.7 Å². The zero-order valence-corrected chi connectivity index (χ0v) is 7.94. The second-order valence-electron chi connectivity index (χ2n) is 1.96. The Morgan fingerprint density at radius 1 is 1.73 bits per heavy atom. The molecule has 0 spiro atoms. The topological polar surface area (TPSA) is 38.3 Å². The van der Waals surface area contributed by atoms with E-state index in [1.807, 2.05) is 7.05 Å². The van der Waals surface area contributed by atoms with E-state index >= 15 is 0 Å². The summed E-state index contributed by atoms with van der Waals surface area (Å²) >= 11 is 0. The maximum atomic E-state index is 10.8. The highest BCUT2D eigenvalue weighted by Gasteiger charge is 2.02. The Morgan fingerprint density at radius 3 is 2.82 bits per heavy atom. The van der Waals surface area contributed by atoms with E-state index in [0.29, 0.717) is 21.8 Å². The first-order chi connectivity index (χ1) is 5.20. The molecule has 0 aromatic rings. The van der Waals surface area contributed by atoms with E-state index < -0.39 is 0 Å². The Bertz CT molecular complexity index is 131. The maximum Gasteiger partial charge on any atom is 0.310 e. The first kappa shape index (κ1) is 10.6. The van der Waals surface area contributed by atoms with Crippen molar-refractivity contribution in [3.63, 3.8) is 0 Å². The lowest BCUT2D eigenvalue weighted by Gasteiger charge is -2.03. The van der Waals surface area contributed by atoms with E-state index in [2.05, 4.69) is 11.7 Å². The summed E-state index contributed by atoms with van der Waals surface area (Å²) in [5.74, 6) is -0.194. The van der Waals surface area contributed by atoms with Crippen LogP contribution in [0.5, 0.6) is 0 Å². The second-order valence-corrected chi connectivity index (χ2v) is 3.42. The highest BCUT2D eigenvalue weighted by atomic mass is 31.1. The maximum absolute atomic E-state index is 10.8. The molecule has 0 saturated heterocycles. The minimum absolute atomic E-state index is 0.194. The quantitative estimate of drug-likeness (QED) is 0.505. The van der Waals surface area contributed by atoms with E-state index in [1.54, 1.807) is 6.92 Å². The monoisotopic (exact) mass is 175 g/mol. The largest absolute Gasteiger partial charge is 0.466 e. The molecule has 1 atom stereocenters. The van der Waals surface area contributed by atoms with Crippen LogP contribution in [0.4, 0.5) is 0 Å². The van der Waals surface area contributed by atoms with Gasteiger partial charge in [0.05, 0.1) is 13.0 Å². The van der Waals surface area contributed by atoms with Crippen LogP contribution in [0.1, 0.15) is 13.3 Å². The van der Waals surface area contributed by atoms with E-state index in [9.17, 15) is 4.79 Å². The Kier molecular flexibility index (Phi) is 6.09. The Labute approximate surface area is 69.0 Å². The van der Waals surface area contributed by atoms with Gasteiger partial charge in [0.1, 0.15) is 0 Å². The number of carbonyl (C=O) groups is 1. The molecule has 11 heavy (non-hydrogen) atoms. The minimum Gasteiger partial charge on any atom is -0.466 e. The molecule has 1 N–H and O–H groups in total. The zero-order chi connectivity index (χ0) is 8.69. The lowest BCUT2D eigenvalue weighted by atomic mass is 10.4. The molecule has 0 aliphatic heterocycles. The van der Waals surface area contributed by atoms with Gasteiger partial charge >= 0.3 is 5.97 Å². The SMILES string of the molecule is C=C(CC(=O)OCC)PNC. The average Bonchev–Trinajstić information content (AvgIpc) is 1.87. The molecular formula is C7H14NO2P. The number of rotatable bonds is 5. The van der Waals surface area contributed by atoms with E-state index in [0.717, 1.165) is 5.31 Å². The lowest BCUT2D eigenvalue weighted by molar-refractivity contribution is -0.142. The second kappa shape index (κ2) is 6.32. The van der Waals surface area contributed by atoms with Gasteiger partial charge in [-0.05, 0) is 28.0 Å². The van der Waals surface area contributed by atoms with Gasteiger partial charge < -0.3 is 4.74 Å². The van der Waals surface area contributed by atoms with Crippen LogP contribution in [0.2, 0.25) is 0 Å². The van der Waals surface area contributed by atoms with Crippen molar-refractivity contribution in [2.45, 2.75) is 13.3 Å². The highest BCUT2D eigenvalue weighted by Crippen LogP contribution is 2.19. The van der Waals surface area contributed by atoms with Crippen LogP contribution in [-0.2, 0) is 9.53 Å². The standard InChI is InChI=1S/C7H14NO2P/c1-4-10-7(9)5-6(2)11-8-3/h8,11H,2,4-5H2,1,3H3. The molecule has 0 aliphatic rings. The molecule has 4 heteroatoms. The van der Waals surface area contributed by atoms with Gasteiger partial charge in [0, 0.05) is 0 Å². The van der Waals surface area contributed by atoms with Crippen LogP contribution in [0, 0.1) is 0 Å². The normalized spacial score (nSPS) is 10.4. The molecule has 0 saturated carbocycles. The molecular weight excluding hydrogens is 161 g/mol.